The maximum atomic E-state index is 13.4. The molecule has 180 valence electrons. The molecule has 35 heavy (non-hydrogen) atoms. The van der Waals surface area contributed by atoms with Crippen LogP contribution in [0.3, 0.4) is 0 Å². The van der Waals surface area contributed by atoms with E-state index in [2.05, 4.69) is 35.9 Å². The van der Waals surface area contributed by atoms with Gasteiger partial charge in [-0.1, -0.05) is 39.7 Å². The number of anilines is 3. The summed E-state index contributed by atoms with van der Waals surface area (Å²) in [5.41, 5.74) is 0.877. The summed E-state index contributed by atoms with van der Waals surface area (Å²) in [6.45, 7) is 2.01. The summed E-state index contributed by atoms with van der Waals surface area (Å²) < 4.78 is 35.2. The molecule has 13 heteroatoms. The van der Waals surface area contributed by atoms with E-state index in [1.165, 1.54) is 24.3 Å². The molecular formula is C22H17BrClN5O5S. The van der Waals surface area contributed by atoms with Gasteiger partial charge in [-0.3, -0.25) is 14.8 Å². The van der Waals surface area contributed by atoms with Crippen LogP contribution >= 0.6 is 27.5 Å². The lowest BCUT2D eigenvalue weighted by molar-refractivity contribution is -0.384. The molecule has 0 unspecified atom stereocenters. The molecule has 0 radical (unpaired) electrons. The lowest BCUT2D eigenvalue weighted by Crippen LogP contribution is -2.17. The molecular weight excluding hydrogens is 562 g/mol. The Bertz CT molecular complexity index is 1550. The Morgan fingerprint density at radius 2 is 1.74 bits per heavy atom. The number of para-hydroxylation sites is 2. The van der Waals surface area contributed by atoms with Gasteiger partial charge in [-0.25, -0.2) is 18.4 Å². The fourth-order valence-corrected chi connectivity index (χ4v) is 5.05. The topological polar surface area (TPSA) is 136 Å². The number of nitrogens with one attached hydrogen (secondary N) is 2. The predicted molar refractivity (Wildman–Crippen MR) is 137 cm³/mol. The number of sulfonamides is 1. The van der Waals surface area contributed by atoms with Crippen LogP contribution in [0.2, 0.25) is 5.02 Å². The molecule has 3 aromatic carbocycles. The Morgan fingerprint density at radius 1 is 1.06 bits per heavy atom. The van der Waals surface area contributed by atoms with Gasteiger partial charge in [0.2, 0.25) is 0 Å². The van der Waals surface area contributed by atoms with Gasteiger partial charge in [0.25, 0.3) is 15.7 Å². The third-order valence-electron chi connectivity index (χ3n) is 4.70. The Kier molecular flexibility index (Phi) is 7.05. The second-order valence-electron chi connectivity index (χ2n) is 7.09. The molecule has 2 N–H and O–H groups in total. The van der Waals surface area contributed by atoms with Crippen LogP contribution in [0, 0.1) is 10.1 Å². The molecule has 0 bridgehead atoms. The van der Waals surface area contributed by atoms with E-state index in [9.17, 15) is 18.5 Å². The van der Waals surface area contributed by atoms with Crippen molar-refractivity contribution >= 4 is 71.6 Å². The zero-order valence-corrected chi connectivity index (χ0v) is 21.2. The number of benzene rings is 3. The molecule has 10 nitrogen and oxygen atoms in total. The van der Waals surface area contributed by atoms with Gasteiger partial charge in [-0.05, 0) is 49.4 Å². The van der Waals surface area contributed by atoms with Crippen LogP contribution in [0.25, 0.3) is 11.0 Å². The van der Waals surface area contributed by atoms with E-state index in [1.54, 1.807) is 43.3 Å². The normalized spacial score (nSPS) is 11.3. The summed E-state index contributed by atoms with van der Waals surface area (Å²) in [6, 6.07) is 15.6. The number of ether oxygens (including phenoxy) is 1. The Hall–Kier alpha value is -3.48. The van der Waals surface area contributed by atoms with Crippen LogP contribution in [-0.4, -0.2) is 29.9 Å². The highest BCUT2D eigenvalue weighted by molar-refractivity contribution is 9.10. The number of aromatic nitrogens is 2. The Labute approximate surface area is 213 Å². The van der Waals surface area contributed by atoms with Crippen molar-refractivity contribution in [2.75, 3.05) is 16.6 Å². The minimum atomic E-state index is -4.18. The highest BCUT2D eigenvalue weighted by Crippen LogP contribution is 2.33. The van der Waals surface area contributed by atoms with Crippen molar-refractivity contribution in [3.05, 3.63) is 80.3 Å². The average molecular weight is 579 g/mol. The van der Waals surface area contributed by atoms with Crippen molar-refractivity contribution in [3.63, 3.8) is 0 Å². The minimum absolute atomic E-state index is 0.0378. The van der Waals surface area contributed by atoms with E-state index in [-0.39, 0.29) is 45.3 Å². The lowest BCUT2D eigenvalue weighted by atomic mass is 10.2. The van der Waals surface area contributed by atoms with Gasteiger partial charge < -0.3 is 10.1 Å². The van der Waals surface area contributed by atoms with Crippen molar-refractivity contribution in [2.24, 2.45) is 0 Å². The fraction of sp³-hybridized carbons (Fsp3) is 0.0909. The van der Waals surface area contributed by atoms with Crippen molar-refractivity contribution in [2.45, 2.75) is 11.8 Å². The third-order valence-corrected chi connectivity index (χ3v) is 6.88. The highest BCUT2D eigenvalue weighted by Gasteiger charge is 2.24. The predicted octanol–water partition coefficient (Wildman–Crippen LogP) is 5.90. The molecule has 0 aliphatic heterocycles. The van der Waals surface area contributed by atoms with E-state index in [1.807, 2.05) is 0 Å². The summed E-state index contributed by atoms with van der Waals surface area (Å²) in [5, 5.41) is 14.2. The molecule has 1 heterocycles. The van der Waals surface area contributed by atoms with Crippen LogP contribution in [0.1, 0.15) is 6.92 Å². The summed E-state index contributed by atoms with van der Waals surface area (Å²) in [7, 11) is -4.18. The summed E-state index contributed by atoms with van der Waals surface area (Å²) in [6.07, 6.45) is 0. The zero-order chi connectivity index (χ0) is 25.2. The monoisotopic (exact) mass is 577 g/mol. The van der Waals surface area contributed by atoms with Crippen molar-refractivity contribution in [1.29, 1.82) is 0 Å². The quantitative estimate of drug-likeness (QED) is 0.195. The largest absolute Gasteiger partial charge is 0.492 e. The lowest BCUT2D eigenvalue weighted by Gasteiger charge is -2.16. The van der Waals surface area contributed by atoms with Gasteiger partial charge in [0.05, 0.1) is 22.6 Å². The van der Waals surface area contributed by atoms with Gasteiger partial charge >= 0.3 is 0 Å². The SMILES string of the molecule is CCOc1ccc(Br)cc1S(=O)(=O)Nc1nc2ccccc2nc1Nc1ccc(Cl)c([N+](=O)[O-])c1. The molecule has 0 atom stereocenters. The Morgan fingerprint density at radius 3 is 2.40 bits per heavy atom. The maximum Gasteiger partial charge on any atom is 0.289 e. The first-order valence-corrected chi connectivity index (χ1v) is 12.8. The number of rotatable bonds is 8. The Balaban J connectivity index is 1.81. The van der Waals surface area contributed by atoms with Crippen LogP contribution in [0.5, 0.6) is 5.75 Å². The molecule has 0 saturated heterocycles. The van der Waals surface area contributed by atoms with Gasteiger partial charge in [-0.15, -0.1) is 0 Å². The second-order valence-corrected chi connectivity index (χ2v) is 10.1. The van der Waals surface area contributed by atoms with E-state index < -0.39 is 14.9 Å². The van der Waals surface area contributed by atoms with Crippen molar-refractivity contribution < 1.29 is 18.1 Å². The first kappa shape index (κ1) is 24.6. The number of halogens is 2. The van der Waals surface area contributed by atoms with E-state index in [0.29, 0.717) is 15.5 Å². The molecule has 0 aliphatic carbocycles. The molecule has 0 fully saturated rings. The zero-order valence-electron chi connectivity index (χ0n) is 18.0. The van der Waals surface area contributed by atoms with Crippen molar-refractivity contribution in [3.8, 4) is 5.75 Å². The van der Waals surface area contributed by atoms with Crippen LogP contribution in [-0.2, 0) is 10.0 Å². The summed E-state index contributed by atoms with van der Waals surface area (Å²) >= 11 is 9.19. The molecule has 0 aliphatic rings. The van der Waals surface area contributed by atoms with Gasteiger partial charge in [-0.2, -0.15) is 0 Å². The van der Waals surface area contributed by atoms with E-state index >= 15 is 0 Å². The standard InChI is InChI=1S/C22H17BrClN5O5S/c1-2-34-19-10-7-13(23)11-20(19)35(32,33)28-22-21(26-16-5-3-4-6-17(16)27-22)25-14-8-9-15(24)18(12-14)29(30)31/h3-12H,2H2,1H3,(H,25,26)(H,27,28). The molecule has 4 rings (SSSR count). The molecule has 1 aromatic heterocycles. The number of nitrogens with zero attached hydrogens (tertiary/aromatic N) is 3. The van der Waals surface area contributed by atoms with E-state index in [4.69, 9.17) is 16.3 Å². The van der Waals surface area contributed by atoms with Gasteiger partial charge in [0.1, 0.15) is 15.7 Å². The number of nitro benzene ring substituents is 1. The van der Waals surface area contributed by atoms with E-state index in [0.717, 1.165) is 0 Å². The van der Waals surface area contributed by atoms with Crippen LogP contribution in [0.4, 0.5) is 23.0 Å². The highest BCUT2D eigenvalue weighted by atomic mass is 79.9. The summed E-state index contributed by atoms with van der Waals surface area (Å²) in [4.78, 5) is 19.5. The number of nitro groups is 1. The summed E-state index contributed by atoms with van der Waals surface area (Å²) in [5.74, 6) is 0.0976. The maximum absolute atomic E-state index is 13.4. The second kappa shape index (κ2) is 10.0. The molecule has 0 amide bonds. The van der Waals surface area contributed by atoms with Gasteiger partial charge in [0, 0.05) is 16.2 Å². The third kappa shape index (κ3) is 5.45. The molecule has 0 spiro atoms. The number of hydrogen-bond donors (Lipinski definition) is 2. The van der Waals surface area contributed by atoms with Gasteiger partial charge in [0.15, 0.2) is 11.6 Å². The van der Waals surface area contributed by atoms with Crippen LogP contribution < -0.4 is 14.8 Å². The minimum Gasteiger partial charge on any atom is -0.492 e. The van der Waals surface area contributed by atoms with Crippen LogP contribution in [0.15, 0.2) is 70.0 Å². The first-order chi connectivity index (χ1) is 16.7. The smallest absolute Gasteiger partial charge is 0.289 e. The molecule has 0 saturated carbocycles. The number of hydrogen-bond acceptors (Lipinski definition) is 8. The average Bonchev–Trinajstić information content (AvgIpc) is 2.81. The molecule has 4 aromatic rings. The fourth-order valence-electron chi connectivity index (χ4n) is 3.17. The number of fused-ring (bicyclic) bond motifs is 1. The van der Waals surface area contributed by atoms with Crippen molar-refractivity contribution in [1.82, 2.24) is 9.97 Å². The first-order valence-electron chi connectivity index (χ1n) is 10.1.